The number of rotatable bonds is 6. The lowest BCUT2D eigenvalue weighted by Gasteiger charge is -2.53. The second kappa shape index (κ2) is 7.97. The summed E-state index contributed by atoms with van der Waals surface area (Å²) >= 11 is 0. The zero-order chi connectivity index (χ0) is 18.7. The van der Waals surface area contributed by atoms with Gasteiger partial charge in [0.05, 0.1) is 31.1 Å². The molecule has 0 bridgehead atoms. The van der Waals surface area contributed by atoms with Crippen molar-refractivity contribution in [3.8, 4) is 5.75 Å². The summed E-state index contributed by atoms with van der Waals surface area (Å²) in [5.74, 6) is 0.900. The summed E-state index contributed by atoms with van der Waals surface area (Å²) in [6.07, 6.45) is 2.19. The molecule has 2 aliphatic heterocycles. The maximum atomic E-state index is 6.16. The molecular formula is C22H28N2O3. The SMILES string of the molecule is COc1ccc(CN2CC3(C[C@H](OCc4cccc(C)n4)CCO3)C2)cc1. The lowest BCUT2D eigenvalue weighted by Crippen LogP contribution is -2.65. The maximum absolute atomic E-state index is 6.16. The standard InChI is InChI=1S/C22H28N2O3/c1-17-4-3-5-19(23-17)14-26-21-10-11-27-22(12-21)15-24(16-22)13-18-6-8-20(25-2)9-7-18/h3-9,21H,10-16H2,1-2H3/t21-/m1/s1. The van der Waals surface area contributed by atoms with Crippen molar-refractivity contribution >= 4 is 0 Å². The first-order valence-corrected chi connectivity index (χ1v) is 9.68. The van der Waals surface area contributed by atoms with Gasteiger partial charge in [0.1, 0.15) is 5.75 Å². The van der Waals surface area contributed by atoms with Gasteiger partial charge in [0.2, 0.25) is 0 Å². The van der Waals surface area contributed by atoms with Crippen LogP contribution in [0.3, 0.4) is 0 Å². The van der Waals surface area contributed by atoms with Crippen molar-refractivity contribution in [2.75, 3.05) is 26.8 Å². The van der Waals surface area contributed by atoms with E-state index in [1.807, 2.05) is 37.3 Å². The van der Waals surface area contributed by atoms with E-state index >= 15 is 0 Å². The number of ether oxygens (including phenoxy) is 3. The monoisotopic (exact) mass is 368 g/mol. The van der Waals surface area contributed by atoms with E-state index in [-0.39, 0.29) is 11.7 Å². The molecule has 5 nitrogen and oxygen atoms in total. The van der Waals surface area contributed by atoms with Crippen LogP contribution in [0.2, 0.25) is 0 Å². The fourth-order valence-corrected chi connectivity index (χ4v) is 4.10. The van der Waals surface area contributed by atoms with E-state index in [0.29, 0.717) is 6.61 Å². The van der Waals surface area contributed by atoms with Gasteiger partial charge >= 0.3 is 0 Å². The molecule has 2 saturated heterocycles. The van der Waals surface area contributed by atoms with Crippen LogP contribution in [-0.4, -0.2) is 48.4 Å². The average molecular weight is 368 g/mol. The van der Waals surface area contributed by atoms with Crippen LogP contribution in [0.25, 0.3) is 0 Å². The summed E-state index contributed by atoms with van der Waals surface area (Å²) in [4.78, 5) is 6.96. The Labute approximate surface area is 161 Å². The number of aromatic nitrogens is 1. The first-order valence-electron chi connectivity index (χ1n) is 9.68. The highest BCUT2D eigenvalue weighted by Gasteiger charge is 2.47. The Bertz CT molecular complexity index is 756. The Hall–Kier alpha value is -1.95. The Morgan fingerprint density at radius 2 is 2.00 bits per heavy atom. The molecule has 0 radical (unpaired) electrons. The topological polar surface area (TPSA) is 43.8 Å². The summed E-state index contributed by atoms with van der Waals surface area (Å²) < 4.78 is 17.5. The minimum Gasteiger partial charge on any atom is -0.497 e. The number of hydrogen-bond acceptors (Lipinski definition) is 5. The van der Waals surface area contributed by atoms with Crippen LogP contribution in [0.15, 0.2) is 42.5 Å². The molecule has 0 amide bonds. The Kier molecular flexibility index (Phi) is 5.43. The Morgan fingerprint density at radius 1 is 1.19 bits per heavy atom. The lowest BCUT2D eigenvalue weighted by molar-refractivity contribution is -0.200. The fraction of sp³-hybridized carbons (Fsp3) is 0.500. The van der Waals surface area contributed by atoms with E-state index in [4.69, 9.17) is 14.2 Å². The smallest absolute Gasteiger partial charge is 0.118 e. The van der Waals surface area contributed by atoms with Crippen LogP contribution in [0, 0.1) is 6.92 Å². The molecule has 3 heterocycles. The molecule has 1 aromatic heterocycles. The third-order valence-electron chi connectivity index (χ3n) is 5.45. The van der Waals surface area contributed by atoms with E-state index in [1.54, 1.807) is 7.11 Å². The predicted molar refractivity (Wildman–Crippen MR) is 104 cm³/mol. The second-order valence-electron chi connectivity index (χ2n) is 7.72. The van der Waals surface area contributed by atoms with Gasteiger partial charge in [0, 0.05) is 38.4 Å². The maximum Gasteiger partial charge on any atom is 0.118 e. The molecule has 1 aromatic carbocycles. The lowest BCUT2D eigenvalue weighted by atomic mass is 9.84. The molecule has 0 saturated carbocycles. The van der Waals surface area contributed by atoms with Crippen molar-refractivity contribution in [1.29, 1.82) is 0 Å². The predicted octanol–water partition coefficient (Wildman–Crippen LogP) is 3.35. The highest BCUT2D eigenvalue weighted by Crippen LogP contribution is 2.36. The molecule has 2 fully saturated rings. The van der Waals surface area contributed by atoms with Gasteiger partial charge in [-0.25, -0.2) is 0 Å². The molecular weight excluding hydrogens is 340 g/mol. The Balaban J connectivity index is 1.26. The highest BCUT2D eigenvalue weighted by molar-refractivity contribution is 5.27. The van der Waals surface area contributed by atoms with Gasteiger partial charge in [0.15, 0.2) is 0 Å². The molecule has 5 heteroatoms. The zero-order valence-corrected chi connectivity index (χ0v) is 16.2. The first kappa shape index (κ1) is 18.4. The van der Waals surface area contributed by atoms with Crippen molar-refractivity contribution in [1.82, 2.24) is 9.88 Å². The number of aryl methyl sites for hydroxylation is 1. The minimum atomic E-state index is -0.0323. The molecule has 4 rings (SSSR count). The summed E-state index contributed by atoms with van der Waals surface area (Å²) in [6.45, 7) is 6.27. The number of benzene rings is 1. The number of pyridine rings is 1. The summed E-state index contributed by atoms with van der Waals surface area (Å²) in [5, 5.41) is 0. The van der Waals surface area contributed by atoms with Gasteiger partial charge in [-0.15, -0.1) is 0 Å². The summed E-state index contributed by atoms with van der Waals surface area (Å²) in [6, 6.07) is 14.4. The van der Waals surface area contributed by atoms with Crippen LogP contribution in [-0.2, 0) is 22.6 Å². The normalized spacial score (nSPS) is 21.8. The molecule has 0 aliphatic carbocycles. The molecule has 1 atom stereocenters. The Morgan fingerprint density at radius 3 is 2.74 bits per heavy atom. The highest BCUT2D eigenvalue weighted by atomic mass is 16.5. The molecule has 0 N–H and O–H groups in total. The van der Waals surface area contributed by atoms with Crippen molar-refractivity contribution in [3.05, 3.63) is 59.4 Å². The summed E-state index contributed by atoms with van der Waals surface area (Å²) in [5.41, 5.74) is 3.31. The van der Waals surface area contributed by atoms with Gasteiger partial charge < -0.3 is 14.2 Å². The second-order valence-corrected chi connectivity index (χ2v) is 7.72. The number of hydrogen-bond donors (Lipinski definition) is 0. The van der Waals surface area contributed by atoms with E-state index in [9.17, 15) is 0 Å². The average Bonchev–Trinajstić information content (AvgIpc) is 2.66. The number of methoxy groups -OCH3 is 1. The van der Waals surface area contributed by atoms with Gasteiger partial charge in [-0.1, -0.05) is 18.2 Å². The van der Waals surface area contributed by atoms with E-state index < -0.39 is 0 Å². The minimum absolute atomic E-state index is 0.0323. The van der Waals surface area contributed by atoms with Crippen molar-refractivity contribution in [2.24, 2.45) is 0 Å². The third kappa shape index (κ3) is 4.49. The third-order valence-corrected chi connectivity index (χ3v) is 5.45. The number of nitrogens with zero attached hydrogens (tertiary/aromatic N) is 2. The van der Waals surface area contributed by atoms with Gasteiger partial charge in [-0.2, -0.15) is 0 Å². The van der Waals surface area contributed by atoms with E-state index in [0.717, 1.165) is 56.2 Å². The molecule has 2 aliphatic rings. The molecule has 2 aromatic rings. The van der Waals surface area contributed by atoms with Crippen molar-refractivity contribution in [2.45, 2.75) is 44.6 Å². The van der Waals surface area contributed by atoms with Crippen molar-refractivity contribution < 1.29 is 14.2 Å². The molecule has 0 unspecified atom stereocenters. The largest absolute Gasteiger partial charge is 0.497 e. The van der Waals surface area contributed by atoms with Crippen molar-refractivity contribution in [3.63, 3.8) is 0 Å². The van der Waals surface area contributed by atoms with E-state index in [1.165, 1.54) is 5.56 Å². The van der Waals surface area contributed by atoms with Crippen LogP contribution in [0.5, 0.6) is 5.75 Å². The first-order chi connectivity index (χ1) is 13.1. The molecule has 144 valence electrons. The van der Waals surface area contributed by atoms with Crippen LogP contribution < -0.4 is 4.74 Å². The quantitative estimate of drug-likeness (QED) is 0.782. The van der Waals surface area contributed by atoms with Gasteiger partial charge in [-0.05, 0) is 43.2 Å². The van der Waals surface area contributed by atoms with Crippen LogP contribution >= 0.6 is 0 Å². The number of likely N-dealkylation sites (tertiary alicyclic amines) is 1. The van der Waals surface area contributed by atoms with Crippen LogP contribution in [0.1, 0.15) is 29.8 Å². The molecule has 27 heavy (non-hydrogen) atoms. The zero-order valence-electron chi connectivity index (χ0n) is 16.2. The fourth-order valence-electron chi connectivity index (χ4n) is 4.10. The summed E-state index contributed by atoms with van der Waals surface area (Å²) in [7, 11) is 1.70. The van der Waals surface area contributed by atoms with Gasteiger partial charge in [-0.3, -0.25) is 9.88 Å². The van der Waals surface area contributed by atoms with Gasteiger partial charge in [0.25, 0.3) is 0 Å². The molecule has 1 spiro atoms. The van der Waals surface area contributed by atoms with Crippen LogP contribution in [0.4, 0.5) is 0 Å². The van der Waals surface area contributed by atoms with E-state index in [2.05, 4.69) is 22.0 Å².